The molecule has 0 amide bonds. The van der Waals surface area contributed by atoms with E-state index in [-0.39, 0.29) is 104 Å². The zero-order chi connectivity index (χ0) is 78.7. The van der Waals surface area contributed by atoms with Gasteiger partial charge in [-0.1, -0.05) is 0 Å². The number of ether oxygens (including phenoxy) is 9. The minimum atomic E-state index is -1.15. The molecule has 26 nitrogen and oxygen atoms in total. The molecule has 0 fully saturated rings. The number of nitrogens with zero attached hydrogens (tertiary/aromatic N) is 3. The van der Waals surface area contributed by atoms with Crippen LogP contribution in [0.2, 0.25) is 0 Å². The summed E-state index contributed by atoms with van der Waals surface area (Å²) in [6, 6.07) is 28.5. The van der Waals surface area contributed by atoms with Crippen molar-refractivity contribution in [3.8, 4) is 114 Å². The predicted molar refractivity (Wildman–Crippen MR) is 408 cm³/mol. The number of benzene rings is 8. The topological polar surface area (TPSA) is 340 Å². The van der Waals surface area contributed by atoms with Crippen LogP contribution in [-0.4, -0.2) is 116 Å². The van der Waals surface area contributed by atoms with Gasteiger partial charge in [-0.05, 0) is 115 Å². The van der Waals surface area contributed by atoms with Crippen molar-refractivity contribution in [2.75, 3.05) is 108 Å². The van der Waals surface area contributed by atoms with Crippen LogP contribution >= 0.6 is 47.3 Å². The smallest absolute Gasteiger partial charge is 0.369 e. The number of nitrogens with two attached hydrogens (primary N) is 1. The Morgan fingerprint density at radius 1 is 0.402 bits per heavy atom. The van der Waals surface area contributed by atoms with Gasteiger partial charge in [0.15, 0.2) is 74.1 Å². The molecule has 5 N–H and O–H groups in total. The second kappa shape index (κ2) is 34.9. The fourth-order valence-electron chi connectivity index (χ4n) is 10.6. The van der Waals surface area contributed by atoms with Crippen LogP contribution in [0.15, 0.2) is 158 Å². The van der Waals surface area contributed by atoms with Crippen molar-refractivity contribution in [1.82, 2.24) is 0 Å². The van der Waals surface area contributed by atoms with Gasteiger partial charge >= 0.3 is 8.87 Å². The SMILES string of the molecule is BrB(Br)Br.CN(C)c1ccc(-c2oc3c(O)c(O)ccc3c(=O)c2F)cc1O.COc1cc(-c2oc3c(OC)c(OC)ccc3c(=O)c2F)ccc1N.COc1cc(-c2oc3c(OC)c(OC)ccc3c(=O)c2F)ccc1N(C)C.COc1cc(-c2oc3c(OC)c(OC)ccc3c(=O)c2F)ccc1[N+](=O)[O-]. The molecule has 0 atom stereocenters. The molecule has 4 heterocycles. The fraction of sp³-hybridized carbons (Fsp3) is 0.178. The normalized spacial score (nSPS) is 10.6. The van der Waals surface area contributed by atoms with Gasteiger partial charge in [0.05, 0.1) is 108 Å². The summed E-state index contributed by atoms with van der Waals surface area (Å²) in [6.45, 7) is 0. The molecule has 8 aromatic carbocycles. The average molecular weight is 1680 g/mol. The van der Waals surface area contributed by atoms with Gasteiger partial charge < -0.3 is 91.2 Å². The number of fused-ring (bicyclic) bond motifs is 4. The molecular weight excluding hydrogens is 1610 g/mol. The third-order valence-corrected chi connectivity index (χ3v) is 15.8. The summed E-state index contributed by atoms with van der Waals surface area (Å²) in [5, 5.41) is 40.3. The fourth-order valence-corrected chi connectivity index (χ4v) is 10.6. The zero-order valence-electron chi connectivity index (χ0n) is 58.8. The molecule has 0 spiro atoms. The number of hydrogen-bond donors (Lipinski definition) is 4. The molecule has 0 aliphatic rings. The van der Waals surface area contributed by atoms with Gasteiger partial charge in [-0.2, -0.15) is 17.6 Å². The number of methoxy groups -OCH3 is 9. The lowest BCUT2D eigenvalue weighted by atomic mass is 10.1. The lowest BCUT2D eigenvalue weighted by Gasteiger charge is -2.17. The van der Waals surface area contributed by atoms with E-state index in [1.54, 1.807) is 43.3 Å². The number of phenols is 3. The molecule has 0 saturated heterocycles. The summed E-state index contributed by atoms with van der Waals surface area (Å²) in [7, 11) is 19.9. The van der Waals surface area contributed by atoms with Gasteiger partial charge in [0.25, 0.3) is 0 Å². The summed E-state index contributed by atoms with van der Waals surface area (Å²) in [5.41, 5.74) is 4.51. The minimum Gasteiger partial charge on any atom is -0.506 e. The number of nitro benzene ring substituents is 1. The van der Waals surface area contributed by atoms with Gasteiger partial charge in [-0.25, -0.2) is 0 Å². The van der Waals surface area contributed by atoms with E-state index < -0.39 is 72.9 Å². The molecule has 12 aromatic rings. The summed E-state index contributed by atoms with van der Waals surface area (Å²) in [6.07, 6.45) is 0. The first-order valence-electron chi connectivity index (χ1n) is 30.8. The Hall–Kier alpha value is -11.8. The molecule has 0 aliphatic carbocycles. The molecule has 0 saturated carbocycles. The number of rotatable bonds is 16. The minimum absolute atomic E-state index is 0.00410. The molecule has 34 heteroatoms. The highest BCUT2D eigenvalue weighted by Gasteiger charge is 2.28. The van der Waals surface area contributed by atoms with Crippen LogP contribution in [0, 0.1) is 33.4 Å². The van der Waals surface area contributed by atoms with E-state index in [0.717, 1.165) is 23.9 Å². The van der Waals surface area contributed by atoms with Crippen molar-refractivity contribution < 1.29 is 98.1 Å². The molecular formula is C73H64BBr3F4N4O22. The van der Waals surface area contributed by atoms with E-state index in [9.17, 15) is 62.2 Å². The number of nitro groups is 1. The van der Waals surface area contributed by atoms with Crippen molar-refractivity contribution in [3.63, 3.8) is 0 Å². The molecule has 0 bridgehead atoms. The molecule has 0 radical (unpaired) electrons. The maximum Gasteiger partial charge on any atom is 0.369 e. The lowest BCUT2D eigenvalue weighted by molar-refractivity contribution is -0.385. The number of hydrogen-bond acceptors (Lipinski definition) is 25. The van der Waals surface area contributed by atoms with Crippen LogP contribution in [0.25, 0.3) is 89.2 Å². The zero-order valence-corrected chi connectivity index (χ0v) is 63.5. The van der Waals surface area contributed by atoms with E-state index in [2.05, 4.69) is 47.3 Å². The standard InChI is InChI=1S/C20H20FNO5.C18H14FNO7.C18H16FNO5.C17H14FNO5.BBr3/c1-22(2)13-8-6-11(10-15(13)25-4)18-16(21)17(23)12-7-9-14(24-3)20(26-5)19(12)27-18;1-24-12-7-5-10-15(21)14(19)16(27-17(10)18(12)26-3)9-4-6-11(20(22)23)13(8-9)25-2;1-22-12-7-5-10-15(21)14(19)16(25-17(10)18(12)24-3)9-4-6-11(20)13(8-9)23-2;1-19(2)10-5-3-8(7-12(10)21)16-13(18)14(22)9-4-6-11(20)15(23)17(9)24-16;2-1(3)4/h6-10H,1-5H3;4-8H,1-3H3;4-8H,20H2,1-3H3;3-7,20-21,23H,1-2H3;. The quantitative estimate of drug-likeness (QED) is 0.0174. The highest BCUT2D eigenvalue weighted by Crippen LogP contribution is 2.44. The summed E-state index contributed by atoms with van der Waals surface area (Å²) >= 11 is 9.31. The summed E-state index contributed by atoms with van der Waals surface area (Å²) in [5.74, 6) is -4.42. The Morgan fingerprint density at radius 2 is 0.710 bits per heavy atom. The molecule has 0 unspecified atom stereocenters. The number of phenolic OH excluding ortho intramolecular Hbond substituents is 3. The van der Waals surface area contributed by atoms with Gasteiger partial charge in [-0.3, -0.25) is 29.3 Å². The number of halogens is 7. The van der Waals surface area contributed by atoms with Gasteiger partial charge in [0, 0.05) is 56.5 Å². The van der Waals surface area contributed by atoms with Crippen molar-refractivity contribution in [1.29, 1.82) is 0 Å². The van der Waals surface area contributed by atoms with Crippen LogP contribution < -0.4 is 79.9 Å². The molecule has 4 aromatic heterocycles. The van der Waals surface area contributed by atoms with Crippen LogP contribution in [-0.2, 0) is 0 Å². The Balaban J connectivity index is 0.000000177. The van der Waals surface area contributed by atoms with Gasteiger partial charge in [0.1, 0.15) is 17.2 Å². The predicted octanol–water partition coefficient (Wildman–Crippen LogP) is 15.4. The number of aromatic hydroxyl groups is 3. The highest BCUT2D eigenvalue weighted by molar-refractivity contribution is 9.69. The highest BCUT2D eigenvalue weighted by atomic mass is 79.9. The molecule has 12 rings (SSSR count). The number of anilines is 3. The van der Waals surface area contributed by atoms with Gasteiger partial charge in [-0.15, -0.1) is 47.3 Å². The Labute approximate surface area is 629 Å². The second-order valence-corrected chi connectivity index (χ2v) is 28.8. The molecule has 107 heavy (non-hydrogen) atoms. The van der Waals surface area contributed by atoms with Crippen LogP contribution in [0.1, 0.15) is 0 Å². The van der Waals surface area contributed by atoms with Crippen LogP contribution in [0.5, 0.6) is 69.0 Å². The maximum atomic E-state index is 14.8. The monoisotopic (exact) mass is 1670 g/mol. The van der Waals surface area contributed by atoms with Crippen molar-refractivity contribution in [2.24, 2.45) is 0 Å². The van der Waals surface area contributed by atoms with E-state index in [4.69, 9.17) is 66.0 Å². The van der Waals surface area contributed by atoms with E-state index in [1.807, 2.05) is 19.0 Å². The first-order valence-corrected chi connectivity index (χ1v) is 33.5. The first-order chi connectivity index (χ1) is 50.9. The third kappa shape index (κ3) is 16.8. The van der Waals surface area contributed by atoms with Crippen molar-refractivity contribution in [3.05, 3.63) is 196 Å². The molecule has 0 aliphatic heterocycles. The average Bonchev–Trinajstić information content (AvgIpc) is 0.778. The van der Waals surface area contributed by atoms with Crippen LogP contribution in [0.4, 0.5) is 40.3 Å². The number of nitrogen functional groups attached to an aromatic ring is 1. The van der Waals surface area contributed by atoms with E-state index in [1.165, 1.54) is 143 Å². The van der Waals surface area contributed by atoms with E-state index in [0.29, 0.717) is 51.2 Å². The Bertz CT molecular complexity index is 5620. The Morgan fingerprint density at radius 3 is 1.06 bits per heavy atom. The summed E-state index contributed by atoms with van der Waals surface area (Å²) < 4.78 is 128. The third-order valence-electron chi connectivity index (χ3n) is 15.8. The van der Waals surface area contributed by atoms with Crippen LogP contribution in [0.3, 0.4) is 0 Å². The largest absolute Gasteiger partial charge is 0.506 e. The summed E-state index contributed by atoms with van der Waals surface area (Å²) in [4.78, 5) is 63.5. The first kappa shape index (κ1) is 80.9. The van der Waals surface area contributed by atoms with Crippen molar-refractivity contribution >= 4 is 117 Å². The Kier molecular flexibility index (Phi) is 26.4. The lowest BCUT2D eigenvalue weighted by Crippen LogP contribution is -2.11. The van der Waals surface area contributed by atoms with Gasteiger partial charge in [0.2, 0.25) is 68.0 Å². The van der Waals surface area contributed by atoms with Crippen molar-refractivity contribution in [2.45, 2.75) is 0 Å². The second-order valence-electron chi connectivity index (χ2n) is 22.4. The molecule has 560 valence electrons. The maximum absolute atomic E-state index is 14.8. The van der Waals surface area contributed by atoms with E-state index >= 15 is 0 Å².